The van der Waals surface area contributed by atoms with Crippen LogP contribution in [0.25, 0.3) is 0 Å². The average molecular weight is 256 g/mol. The summed E-state index contributed by atoms with van der Waals surface area (Å²) in [7, 11) is 2.91. The minimum Gasteiger partial charge on any atom is -0.502 e. The molecule has 0 aliphatic heterocycles. The van der Waals surface area contributed by atoms with Crippen LogP contribution in [-0.4, -0.2) is 37.1 Å². The smallest absolute Gasteiger partial charge is 0.200 e. The van der Waals surface area contributed by atoms with E-state index in [4.69, 9.17) is 14.2 Å². The van der Waals surface area contributed by atoms with E-state index in [1.54, 1.807) is 19.1 Å². The quantitative estimate of drug-likeness (QED) is 0.813. The second kappa shape index (κ2) is 6.47. The molecular formula is C13H20O5. The lowest BCUT2D eigenvalue weighted by Crippen LogP contribution is -2.18. The number of aliphatic hydroxyl groups is 1. The summed E-state index contributed by atoms with van der Waals surface area (Å²) in [6.07, 6.45) is -1.16. The number of aliphatic hydroxyl groups excluding tert-OH is 1. The topological polar surface area (TPSA) is 68.2 Å². The Balaban J connectivity index is 3.21. The van der Waals surface area contributed by atoms with Gasteiger partial charge in [0.05, 0.1) is 20.3 Å². The molecule has 1 aromatic carbocycles. The Hall–Kier alpha value is -1.46. The van der Waals surface area contributed by atoms with E-state index in [0.29, 0.717) is 12.2 Å². The van der Waals surface area contributed by atoms with Gasteiger partial charge in [0.1, 0.15) is 6.10 Å². The number of phenols is 1. The molecule has 5 heteroatoms. The zero-order valence-corrected chi connectivity index (χ0v) is 11.1. The number of ether oxygens (including phenoxy) is 3. The minimum absolute atomic E-state index is 0.0652. The van der Waals surface area contributed by atoms with Gasteiger partial charge in [0.25, 0.3) is 0 Å². The van der Waals surface area contributed by atoms with Gasteiger partial charge in [0.15, 0.2) is 11.5 Å². The Morgan fingerprint density at radius 3 is 2.00 bits per heavy atom. The van der Waals surface area contributed by atoms with Gasteiger partial charge >= 0.3 is 0 Å². The van der Waals surface area contributed by atoms with Crippen LogP contribution in [0.15, 0.2) is 12.1 Å². The van der Waals surface area contributed by atoms with Gasteiger partial charge in [-0.1, -0.05) is 0 Å². The van der Waals surface area contributed by atoms with Crippen LogP contribution >= 0.6 is 0 Å². The molecule has 0 fully saturated rings. The summed E-state index contributed by atoms with van der Waals surface area (Å²) in [5, 5.41) is 19.5. The fraction of sp³-hybridized carbons (Fsp3) is 0.538. The van der Waals surface area contributed by atoms with Gasteiger partial charge in [0.2, 0.25) is 5.75 Å². The zero-order valence-electron chi connectivity index (χ0n) is 11.1. The van der Waals surface area contributed by atoms with E-state index in [9.17, 15) is 10.2 Å². The standard InChI is InChI=1S/C13H20O5/c1-5-18-13(8(2)14)9-6-10(16-3)12(15)11(7-9)17-4/h6-8,13-15H,5H2,1-4H3/t8-,13+/m0/s1. The summed E-state index contributed by atoms with van der Waals surface area (Å²) < 4.78 is 15.6. The summed E-state index contributed by atoms with van der Waals surface area (Å²) in [4.78, 5) is 0. The van der Waals surface area contributed by atoms with Gasteiger partial charge in [-0.15, -0.1) is 0 Å². The highest BCUT2D eigenvalue weighted by Gasteiger charge is 2.21. The van der Waals surface area contributed by atoms with Crippen molar-refractivity contribution in [3.63, 3.8) is 0 Å². The highest BCUT2D eigenvalue weighted by Crippen LogP contribution is 2.39. The molecule has 18 heavy (non-hydrogen) atoms. The normalized spacial score (nSPS) is 14.1. The molecule has 0 saturated carbocycles. The van der Waals surface area contributed by atoms with Crippen molar-refractivity contribution in [2.45, 2.75) is 26.1 Å². The molecule has 0 aliphatic carbocycles. The van der Waals surface area contributed by atoms with Crippen molar-refractivity contribution >= 4 is 0 Å². The second-order valence-corrected chi connectivity index (χ2v) is 3.89. The van der Waals surface area contributed by atoms with Gasteiger partial charge in [-0.25, -0.2) is 0 Å². The third kappa shape index (κ3) is 3.05. The highest BCUT2D eigenvalue weighted by molar-refractivity contribution is 5.53. The van der Waals surface area contributed by atoms with E-state index in [0.717, 1.165) is 0 Å². The first kappa shape index (κ1) is 14.6. The van der Waals surface area contributed by atoms with E-state index in [-0.39, 0.29) is 17.2 Å². The Labute approximate surface area is 107 Å². The minimum atomic E-state index is -0.677. The Kier molecular flexibility index (Phi) is 5.25. The molecule has 5 nitrogen and oxygen atoms in total. The monoisotopic (exact) mass is 256 g/mol. The Morgan fingerprint density at radius 2 is 1.67 bits per heavy atom. The molecule has 0 heterocycles. The number of rotatable bonds is 6. The van der Waals surface area contributed by atoms with Crippen LogP contribution in [0.2, 0.25) is 0 Å². The van der Waals surface area contributed by atoms with Crippen molar-refractivity contribution in [2.24, 2.45) is 0 Å². The number of phenolic OH excluding ortho intramolecular Hbond substituents is 1. The molecule has 0 spiro atoms. The summed E-state index contributed by atoms with van der Waals surface area (Å²) in [5.41, 5.74) is 0.693. The predicted octanol–water partition coefficient (Wildman–Crippen LogP) is 1.87. The maximum atomic E-state index is 9.81. The third-order valence-electron chi connectivity index (χ3n) is 2.62. The molecule has 1 rings (SSSR count). The fourth-order valence-electron chi connectivity index (χ4n) is 1.77. The number of aromatic hydroxyl groups is 1. The van der Waals surface area contributed by atoms with Crippen molar-refractivity contribution < 1.29 is 24.4 Å². The number of hydrogen-bond acceptors (Lipinski definition) is 5. The van der Waals surface area contributed by atoms with Gasteiger partial charge < -0.3 is 24.4 Å². The number of methoxy groups -OCH3 is 2. The van der Waals surface area contributed by atoms with Crippen molar-refractivity contribution in [3.8, 4) is 17.2 Å². The van der Waals surface area contributed by atoms with Gasteiger partial charge in [-0.2, -0.15) is 0 Å². The Morgan fingerprint density at radius 1 is 1.17 bits per heavy atom. The van der Waals surface area contributed by atoms with Crippen molar-refractivity contribution in [1.82, 2.24) is 0 Å². The van der Waals surface area contributed by atoms with Crippen LogP contribution < -0.4 is 9.47 Å². The number of benzene rings is 1. The van der Waals surface area contributed by atoms with Crippen molar-refractivity contribution in [3.05, 3.63) is 17.7 Å². The van der Waals surface area contributed by atoms with Crippen LogP contribution in [-0.2, 0) is 4.74 Å². The zero-order chi connectivity index (χ0) is 13.7. The van der Waals surface area contributed by atoms with Crippen molar-refractivity contribution in [1.29, 1.82) is 0 Å². The summed E-state index contributed by atoms with van der Waals surface area (Å²) in [5.74, 6) is 0.508. The van der Waals surface area contributed by atoms with Crippen LogP contribution in [0.1, 0.15) is 25.5 Å². The van der Waals surface area contributed by atoms with E-state index in [2.05, 4.69) is 0 Å². The van der Waals surface area contributed by atoms with Gasteiger partial charge in [-0.05, 0) is 31.5 Å². The maximum absolute atomic E-state index is 9.81. The molecule has 0 unspecified atom stereocenters. The molecule has 102 valence electrons. The van der Waals surface area contributed by atoms with Gasteiger partial charge in [0, 0.05) is 6.61 Å². The first-order chi connectivity index (χ1) is 8.54. The van der Waals surface area contributed by atoms with Crippen LogP contribution in [0.4, 0.5) is 0 Å². The molecule has 0 bridgehead atoms. The molecule has 0 radical (unpaired) electrons. The fourth-order valence-corrected chi connectivity index (χ4v) is 1.77. The van der Waals surface area contributed by atoms with Gasteiger partial charge in [-0.3, -0.25) is 0 Å². The van der Waals surface area contributed by atoms with E-state index in [1.165, 1.54) is 14.2 Å². The van der Waals surface area contributed by atoms with Crippen LogP contribution in [0.3, 0.4) is 0 Å². The summed E-state index contributed by atoms with van der Waals surface area (Å²) >= 11 is 0. The lowest BCUT2D eigenvalue weighted by molar-refractivity contribution is -0.0261. The molecule has 1 aromatic rings. The number of hydrogen-bond donors (Lipinski definition) is 2. The summed E-state index contributed by atoms with van der Waals surface area (Å²) in [6.45, 7) is 3.97. The first-order valence-corrected chi connectivity index (χ1v) is 5.79. The molecular weight excluding hydrogens is 236 g/mol. The van der Waals surface area contributed by atoms with E-state index >= 15 is 0 Å². The lowest BCUT2D eigenvalue weighted by atomic mass is 10.0. The molecule has 0 aliphatic rings. The summed E-state index contributed by atoms with van der Waals surface area (Å²) in [6, 6.07) is 3.26. The van der Waals surface area contributed by atoms with Crippen LogP contribution in [0.5, 0.6) is 17.2 Å². The van der Waals surface area contributed by atoms with Crippen LogP contribution in [0, 0.1) is 0 Å². The largest absolute Gasteiger partial charge is 0.502 e. The molecule has 0 amide bonds. The van der Waals surface area contributed by atoms with E-state index < -0.39 is 12.2 Å². The SMILES string of the molecule is CCO[C@@H](c1cc(OC)c(O)c(OC)c1)[C@H](C)O. The molecule has 0 aromatic heterocycles. The highest BCUT2D eigenvalue weighted by atomic mass is 16.5. The van der Waals surface area contributed by atoms with E-state index in [1.807, 2.05) is 6.92 Å². The second-order valence-electron chi connectivity index (χ2n) is 3.89. The average Bonchev–Trinajstić information content (AvgIpc) is 2.36. The third-order valence-corrected chi connectivity index (χ3v) is 2.62. The van der Waals surface area contributed by atoms with Crippen molar-refractivity contribution in [2.75, 3.05) is 20.8 Å². The first-order valence-electron chi connectivity index (χ1n) is 5.79. The molecule has 2 N–H and O–H groups in total. The lowest BCUT2D eigenvalue weighted by Gasteiger charge is -2.22. The molecule has 0 saturated heterocycles. The predicted molar refractivity (Wildman–Crippen MR) is 67.3 cm³/mol. The maximum Gasteiger partial charge on any atom is 0.200 e. The Bertz CT molecular complexity index is 364. The molecule has 2 atom stereocenters.